The van der Waals surface area contributed by atoms with E-state index in [0.717, 1.165) is 45.0 Å². The summed E-state index contributed by atoms with van der Waals surface area (Å²) < 4.78 is 1.02. The van der Waals surface area contributed by atoms with Gasteiger partial charge in [-0.25, -0.2) is 0 Å². The topological polar surface area (TPSA) is 56.4 Å². The number of nitrogens with zero attached hydrogens (tertiary/aromatic N) is 2. The molecule has 1 aliphatic carbocycles. The second-order valence-electron chi connectivity index (χ2n) is 8.80. The first-order valence-electron chi connectivity index (χ1n) is 10.5. The molecule has 0 spiro atoms. The third-order valence-corrected chi connectivity index (χ3v) is 7.56. The Morgan fingerprint density at radius 3 is 2.53 bits per heavy atom. The van der Waals surface area contributed by atoms with Crippen LogP contribution >= 0.6 is 15.9 Å². The van der Waals surface area contributed by atoms with E-state index in [4.69, 9.17) is 0 Å². The monoisotopic (exact) mass is 463 g/mol. The van der Waals surface area contributed by atoms with Gasteiger partial charge in [0.1, 0.15) is 6.54 Å². The van der Waals surface area contributed by atoms with E-state index in [0.29, 0.717) is 6.54 Å². The molecule has 6 heteroatoms. The minimum Gasteiger partial charge on any atom is -0.356 e. The number of para-hydroxylation sites is 1. The number of carbonyl (C=O) groups is 2. The fourth-order valence-electron chi connectivity index (χ4n) is 5.31. The summed E-state index contributed by atoms with van der Waals surface area (Å²) in [5.74, 6) is 0.101. The number of H-pyrrole nitrogens is 1. The molecule has 0 unspecified atom stereocenters. The van der Waals surface area contributed by atoms with Gasteiger partial charge in [0.15, 0.2) is 5.54 Å². The number of aromatic amines is 1. The summed E-state index contributed by atoms with van der Waals surface area (Å²) in [5.41, 5.74) is 3.18. The lowest BCUT2D eigenvalue weighted by atomic mass is 9.76. The molecule has 2 aliphatic heterocycles. The van der Waals surface area contributed by atoms with Crippen LogP contribution in [0, 0.1) is 0 Å². The number of aromatic nitrogens is 1. The van der Waals surface area contributed by atoms with Crippen LogP contribution in [0.3, 0.4) is 0 Å². The molecule has 0 bridgehead atoms. The van der Waals surface area contributed by atoms with Crippen LogP contribution in [0.1, 0.15) is 42.5 Å². The second kappa shape index (κ2) is 6.20. The average Bonchev–Trinajstić information content (AvgIpc) is 3.51. The Labute approximate surface area is 183 Å². The summed E-state index contributed by atoms with van der Waals surface area (Å²) in [6, 6.07) is 16.7. The molecule has 1 saturated carbocycles. The standard InChI is InChI=1S/C24H22BrN3O2/c1-24-22-21(17-4-2-3-5-19(17)26-22)18(14-6-8-15(25)9-7-14)12-28(24)20(29)13-27(23(24)30)16-10-11-16/h2-9,16,18,26H,10-13H2,1H3/t18-,24+/m1/s1. The summed E-state index contributed by atoms with van der Waals surface area (Å²) in [7, 11) is 0. The van der Waals surface area contributed by atoms with Crippen molar-refractivity contribution >= 4 is 38.6 Å². The van der Waals surface area contributed by atoms with Crippen molar-refractivity contribution < 1.29 is 9.59 Å². The van der Waals surface area contributed by atoms with Crippen molar-refractivity contribution in [3.63, 3.8) is 0 Å². The van der Waals surface area contributed by atoms with Gasteiger partial charge in [0.2, 0.25) is 5.91 Å². The second-order valence-corrected chi connectivity index (χ2v) is 9.72. The van der Waals surface area contributed by atoms with Gasteiger partial charge in [-0.05, 0) is 49.1 Å². The fraction of sp³-hybridized carbons (Fsp3) is 0.333. The molecule has 6 rings (SSSR count). The first-order valence-corrected chi connectivity index (χ1v) is 11.3. The van der Waals surface area contributed by atoms with E-state index in [2.05, 4.69) is 39.1 Å². The predicted molar refractivity (Wildman–Crippen MR) is 118 cm³/mol. The molecular weight excluding hydrogens is 442 g/mol. The number of rotatable bonds is 2. The Hall–Kier alpha value is -2.60. The molecule has 3 heterocycles. The van der Waals surface area contributed by atoms with Gasteiger partial charge >= 0.3 is 0 Å². The van der Waals surface area contributed by atoms with Gasteiger partial charge in [0, 0.05) is 33.9 Å². The van der Waals surface area contributed by atoms with Gasteiger partial charge in [-0.3, -0.25) is 9.59 Å². The van der Waals surface area contributed by atoms with Crippen molar-refractivity contribution in [3.8, 4) is 0 Å². The molecule has 3 aliphatic rings. The SMILES string of the molecule is C[C@]12C(=O)N(C3CC3)CC(=O)N1C[C@H](c1ccc(Br)cc1)c1c2[nH]c2ccccc12. The summed E-state index contributed by atoms with van der Waals surface area (Å²) in [4.78, 5) is 34.2. The maximum absolute atomic E-state index is 13.7. The summed E-state index contributed by atoms with van der Waals surface area (Å²) in [6.07, 6.45) is 1.99. The van der Waals surface area contributed by atoms with Crippen LogP contribution in [0.25, 0.3) is 10.9 Å². The number of amides is 2. The lowest BCUT2D eigenvalue weighted by molar-refractivity contribution is -0.166. The number of hydrogen-bond donors (Lipinski definition) is 1. The molecule has 2 aromatic carbocycles. The highest BCUT2D eigenvalue weighted by molar-refractivity contribution is 9.10. The number of carbonyl (C=O) groups excluding carboxylic acids is 2. The molecule has 1 N–H and O–H groups in total. The Bertz CT molecular complexity index is 1200. The van der Waals surface area contributed by atoms with Gasteiger partial charge < -0.3 is 14.8 Å². The van der Waals surface area contributed by atoms with E-state index < -0.39 is 5.54 Å². The van der Waals surface area contributed by atoms with E-state index in [1.807, 2.05) is 47.1 Å². The van der Waals surface area contributed by atoms with Crippen molar-refractivity contribution in [2.75, 3.05) is 13.1 Å². The van der Waals surface area contributed by atoms with E-state index >= 15 is 0 Å². The average molecular weight is 464 g/mol. The molecule has 2 amide bonds. The lowest BCUT2D eigenvalue weighted by Gasteiger charge is -2.51. The number of nitrogens with one attached hydrogen (secondary N) is 1. The van der Waals surface area contributed by atoms with Gasteiger partial charge in [0.05, 0.1) is 5.69 Å². The highest BCUT2D eigenvalue weighted by Gasteiger charge is 2.58. The highest BCUT2D eigenvalue weighted by Crippen LogP contribution is 2.49. The van der Waals surface area contributed by atoms with Crippen LogP contribution in [-0.4, -0.2) is 45.7 Å². The quantitative estimate of drug-likeness (QED) is 0.621. The zero-order valence-electron chi connectivity index (χ0n) is 16.7. The van der Waals surface area contributed by atoms with Crippen LogP contribution in [0.2, 0.25) is 0 Å². The Kier molecular flexibility index (Phi) is 3.76. The fourth-order valence-corrected chi connectivity index (χ4v) is 5.57. The molecule has 1 aromatic heterocycles. The molecule has 2 atom stereocenters. The molecule has 0 radical (unpaired) electrons. The van der Waals surface area contributed by atoms with Crippen molar-refractivity contribution in [2.45, 2.75) is 37.3 Å². The van der Waals surface area contributed by atoms with E-state index in [-0.39, 0.29) is 30.3 Å². The number of fused-ring (bicyclic) bond motifs is 5. The summed E-state index contributed by atoms with van der Waals surface area (Å²) in [5, 5.41) is 1.13. The van der Waals surface area contributed by atoms with Gasteiger partial charge in [-0.1, -0.05) is 46.3 Å². The van der Waals surface area contributed by atoms with E-state index in [1.165, 1.54) is 0 Å². The van der Waals surface area contributed by atoms with Crippen LogP contribution in [0.5, 0.6) is 0 Å². The minimum absolute atomic E-state index is 0.0153. The van der Waals surface area contributed by atoms with Crippen LogP contribution in [0.15, 0.2) is 53.0 Å². The molecular formula is C24H22BrN3O2. The summed E-state index contributed by atoms with van der Waals surface area (Å²) in [6.45, 7) is 2.63. The Morgan fingerprint density at radius 2 is 1.80 bits per heavy atom. The van der Waals surface area contributed by atoms with Crippen LogP contribution in [-0.2, 0) is 15.1 Å². The minimum atomic E-state index is -0.988. The summed E-state index contributed by atoms with van der Waals surface area (Å²) >= 11 is 3.52. The van der Waals surface area contributed by atoms with Gasteiger partial charge in [0.25, 0.3) is 5.91 Å². The normalized spacial score (nSPS) is 26.1. The van der Waals surface area contributed by atoms with E-state index in [9.17, 15) is 9.59 Å². The molecule has 1 saturated heterocycles. The first kappa shape index (κ1) is 18.2. The third-order valence-electron chi connectivity index (χ3n) is 7.03. The van der Waals surface area contributed by atoms with Crippen molar-refractivity contribution in [1.82, 2.24) is 14.8 Å². The Morgan fingerprint density at radius 1 is 1.07 bits per heavy atom. The number of benzene rings is 2. The predicted octanol–water partition coefficient (Wildman–Crippen LogP) is 4.12. The smallest absolute Gasteiger partial charge is 0.255 e. The highest BCUT2D eigenvalue weighted by atomic mass is 79.9. The molecule has 152 valence electrons. The number of halogens is 1. The van der Waals surface area contributed by atoms with Crippen molar-refractivity contribution in [3.05, 3.63) is 69.8 Å². The van der Waals surface area contributed by atoms with E-state index in [1.54, 1.807) is 0 Å². The number of hydrogen-bond acceptors (Lipinski definition) is 2. The van der Waals surface area contributed by atoms with Crippen molar-refractivity contribution in [1.29, 1.82) is 0 Å². The maximum atomic E-state index is 13.7. The molecule has 5 nitrogen and oxygen atoms in total. The molecule has 3 aromatic rings. The maximum Gasteiger partial charge on any atom is 0.255 e. The third kappa shape index (κ3) is 2.40. The largest absolute Gasteiger partial charge is 0.356 e. The first-order chi connectivity index (χ1) is 14.5. The van der Waals surface area contributed by atoms with Gasteiger partial charge in [-0.15, -0.1) is 0 Å². The molecule has 30 heavy (non-hydrogen) atoms. The Balaban J connectivity index is 1.60. The zero-order chi connectivity index (χ0) is 20.6. The van der Waals surface area contributed by atoms with Crippen LogP contribution in [0.4, 0.5) is 0 Å². The van der Waals surface area contributed by atoms with Gasteiger partial charge in [-0.2, -0.15) is 0 Å². The van der Waals surface area contributed by atoms with Crippen LogP contribution < -0.4 is 0 Å². The number of piperazine rings is 1. The van der Waals surface area contributed by atoms with Crippen molar-refractivity contribution in [2.24, 2.45) is 0 Å². The molecule has 2 fully saturated rings. The zero-order valence-corrected chi connectivity index (χ0v) is 18.3. The lowest BCUT2D eigenvalue weighted by Crippen LogP contribution is -2.67.